The fourth-order valence-electron chi connectivity index (χ4n) is 2.05. The van der Waals surface area contributed by atoms with Gasteiger partial charge in [-0.2, -0.15) is 11.8 Å². The summed E-state index contributed by atoms with van der Waals surface area (Å²) in [5.41, 5.74) is -0.313. The van der Waals surface area contributed by atoms with Crippen molar-refractivity contribution in [3.8, 4) is 0 Å². The predicted octanol–water partition coefficient (Wildman–Crippen LogP) is 3.58. The van der Waals surface area contributed by atoms with E-state index in [4.69, 9.17) is 0 Å². The van der Waals surface area contributed by atoms with Crippen LogP contribution in [-0.4, -0.2) is 17.4 Å². The van der Waals surface area contributed by atoms with Crippen LogP contribution < -0.4 is 5.32 Å². The molecule has 1 aliphatic rings. The van der Waals surface area contributed by atoms with Crippen molar-refractivity contribution < 1.29 is 18.0 Å². The van der Waals surface area contributed by atoms with Crippen molar-refractivity contribution in [3.63, 3.8) is 0 Å². The van der Waals surface area contributed by atoms with E-state index in [1.165, 1.54) is 0 Å². The molecule has 1 heterocycles. The van der Waals surface area contributed by atoms with Gasteiger partial charge in [-0.3, -0.25) is 4.79 Å². The van der Waals surface area contributed by atoms with Crippen molar-refractivity contribution in [3.05, 3.63) is 29.6 Å². The van der Waals surface area contributed by atoms with Crippen molar-refractivity contribution in [1.82, 2.24) is 0 Å². The predicted molar refractivity (Wildman–Crippen MR) is 69.6 cm³/mol. The third kappa shape index (κ3) is 3.65. The van der Waals surface area contributed by atoms with Crippen LogP contribution in [0.5, 0.6) is 0 Å². The van der Waals surface area contributed by atoms with Crippen molar-refractivity contribution in [2.24, 2.45) is 5.92 Å². The van der Waals surface area contributed by atoms with Crippen LogP contribution in [0.4, 0.5) is 18.9 Å². The molecular weight excluding hydrogens is 275 g/mol. The van der Waals surface area contributed by atoms with Gasteiger partial charge in [0.25, 0.3) is 0 Å². The van der Waals surface area contributed by atoms with E-state index in [9.17, 15) is 18.0 Å². The fourth-order valence-corrected chi connectivity index (χ4v) is 3.21. The third-order valence-corrected chi connectivity index (χ3v) is 4.32. The number of benzene rings is 1. The Hall–Kier alpha value is -1.17. The number of hydrogen-bond acceptors (Lipinski definition) is 2. The van der Waals surface area contributed by atoms with Crippen LogP contribution in [-0.2, 0) is 4.79 Å². The second-order valence-electron chi connectivity index (χ2n) is 4.56. The molecule has 1 fully saturated rings. The highest BCUT2D eigenvalue weighted by Crippen LogP contribution is 2.26. The fraction of sp³-hybridized carbons (Fsp3) is 0.462. The van der Waals surface area contributed by atoms with E-state index in [-0.39, 0.29) is 23.9 Å². The zero-order valence-electron chi connectivity index (χ0n) is 10.2. The monoisotopic (exact) mass is 289 g/mol. The van der Waals surface area contributed by atoms with E-state index in [0.717, 1.165) is 36.5 Å². The van der Waals surface area contributed by atoms with Gasteiger partial charge < -0.3 is 5.32 Å². The van der Waals surface area contributed by atoms with Crippen LogP contribution in [0.3, 0.4) is 0 Å². The summed E-state index contributed by atoms with van der Waals surface area (Å²) in [4.78, 5) is 11.7. The van der Waals surface area contributed by atoms with Crippen LogP contribution in [0, 0.1) is 23.4 Å². The maximum atomic E-state index is 13.4. The Labute approximate surface area is 113 Å². The number of carbonyl (C=O) groups is 1. The minimum atomic E-state index is -1.56. The van der Waals surface area contributed by atoms with Gasteiger partial charge in [0.1, 0.15) is 0 Å². The molecule has 0 aliphatic carbocycles. The van der Waals surface area contributed by atoms with Crippen LogP contribution >= 0.6 is 11.8 Å². The smallest absolute Gasteiger partial charge is 0.224 e. The Morgan fingerprint density at radius 3 is 2.79 bits per heavy atom. The molecule has 0 radical (unpaired) electrons. The average molecular weight is 289 g/mol. The molecule has 0 saturated carbocycles. The second-order valence-corrected chi connectivity index (χ2v) is 5.71. The summed E-state index contributed by atoms with van der Waals surface area (Å²) in [6, 6.07) is 1.83. The number of thioether (sulfide) groups is 1. The Balaban J connectivity index is 1.97. The van der Waals surface area contributed by atoms with Crippen molar-refractivity contribution >= 4 is 23.4 Å². The summed E-state index contributed by atoms with van der Waals surface area (Å²) in [6.07, 6.45) is 2.33. The first-order chi connectivity index (χ1) is 9.08. The molecule has 6 heteroatoms. The topological polar surface area (TPSA) is 29.1 Å². The Kier molecular flexibility index (Phi) is 4.74. The molecule has 1 amide bonds. The first kappa shape index (κ1) is 14.2. The Morgan fingerprint density at radius 1 is 1.32 bits per heavy atom. The van der Waals surface area contributed by atoms with Gasteiger partial charge in [0.15, 0.2) is 17.5 Å². The molecule has 1 aromatic rings. The normalized spacial score (nSPS) is 19.2. The lowest BCUT2D eigenvalue weighted by Crippen LogP contribution is -2.21. The molecule has 0 spiro atoms. The minimum absolute atomic E-state index is 0.270. The molecule has 1 atom stereocenters. The van der Waals surface area contributed by atoms with Crippen LogP contribution in [0.2, 0.25) is 0 Å². The molecular formula is C13H14F3NOS. The van der Waals surface area contributed by atoms with Crippen molar-refractivity contribution in [2.75, 3.05) is 16.8 Å². The first-order valence-electron chi connectivity index (χ1n) is 6.09. The van der Waals surface area contributed by atoms with E-state index in [1.54, 1.807) is 11.8 Å². The maximum absolute atomic E-state index is 13.4. The molecule has 1 unspecified atom stereocenters. The molecule has 0 bridgehead atoms. The number of rotatable bonds is 3. The molecule has 1 aromatic carbocycles. The standard InChI is InChI=1S/C13H14F3NOS/c14-9-3-4-10(13(16)12(9)15)17-11(18)6-8-2-1-5-19-7-8/h3-4,8H,1-2,5-7H2,(H,17,18). The molecule has 2 nitrogen and oxygen atoms in total. The van der Waals surface area contributed by atoms with Crippen molar-refractivity contribution in [1.29, 1.82) is 0 Å². The third-order valence-electron chi connectivity index (χ3n) is 3.04. The number of carbonyl (C=O) groups excluding carboxylic acids is 1. The van der Waals surface area contributed by atoms with E-state index in [1.807, 2.05) is 0 Å². The van der Waals surface area contributed by atoms with Gasteiger partial charge >= 0.3 is 0 Å². The van der Waals surface area contributed by atoms with E-state index < -0.39 is 17.5 Å². The lowest BCUT2D eigenvalue weighted by molar-refractivity contribution is -0.117. The number of amides is 1. The van der Waals surface area contributed by atoms with E-state index >= 15 is 0 Å². The van der Waals surface area contributed by atoms with Gasteiger partial charge in [-0.25, -0.2) is 13.2 Å². The Bertz CT molecular complexity index is 475. The van der Waals surface area contributed by atoms with Crippen LogP contribution in [0.25, 0.3) is 0 Å². The van der Waals surface area contributed by atoms with Gasteiger partial charge in [-0.1, -0.05) is 0 Å². The summed E-state index contributed by atoms with van der Waals surface area (Å²) >= 11 is 1.80. The largest absolute Gasteiger partial charge is 0.323 e. The summed E-state index contributed by atoms with van der Waals surface area (Å²) < 4.78 is 39.1. The highest BCUT2D eigenvalue weighted by molar-refractivity contribution is 7.99. The summed E-state index contributed by atoms with van der Waals surface area (Å²) in [6.45, 7) is 0. The SMILES string of the molecule is O=C(CC1CCCSC1)Nc1ccc(F)c(F)c1F. The quantitative estimate of drug-likeness (QED) is 0.862. The number of hydrogen-bond donors (Lipinski definition) is 1. The zero-order chi connectivity index (χ0) is 13.8. The molecule has 1 aliphatic heterocycles. The highest BCUT2D eigenvalue weighted by Gasteiger charge is 2.19. The molecule has 1 N–H and O–H groups in total. The van der Waals surface area contributed by atoms with Crippen LogP contribution in [0.1, 0.15) is 19.3 Å². The molecule has 0 aromatic heterocycles. The number of nitrogens with one attached hydrogen (secondary N) is 1. The highest BCUT2D eigenvalue weighted by atomic mass is 32.2. The number of halogens is 3. The lowest BCUT2D eigenvalue weighted by atomic mass is 10.0. The van der Waals surface area contributed by atoms with Gasteiger partial charge in [-0.15, -0.1) is 0 Å². The maximum Gasteiger partial charge on any atom is 0.224 e. The molecule has 19 heavy (non-hydrogen) atoms. The number of anilines is 1. The van der Waals surface area contributed by atoms with Crippen molar-refractivity contribution in [2.45, 2.75) is 19.3 Å². The summed E-state index contributed by atoms with van der Waals surface area (Å²) in [5, 5.41) is 2.30. The first-order valence-corrected chi connectivity index (χ1v) is 7.24. The average Bonchev–Trinajstić information content (AvgIpc) is 2.41. The minimum Gasteiger partial charge on any atom is -0.323 e. The summed E-state index contributed by atoms with van der Waals surface area (Å²) in [7, 11) is 0. The second kappa shape index (κ2) is 6.32. The molecule has 104 valence electrons. The zero-order valence-corrected chi connectivity index (χ0v) is 11.0. The van der Waals surface area contributed by atoms with Gasteiger partial charge in [-0.05, 0) is 42.4 Å². The van der Waals surface area contributed by atoms with Crippen LogP contribution in [0.15, 0.2) is 12.1 Å². The molecule has 2 rings (SSSR count). The van der Waals surface area contributed by atoms with Gasteiger partial charge in [0.05, 0.1) is 5.69 Å². The lowest BCUT2D eigenvalue weighted by Gasteiger charge is -2.20. The Morgan fingerprint density at radius 2 is 2.11 bits per heavy atom. The molecule has 1 saturated heterocycles. The van der Waals surface area contributed by atoms with E-state index in [2.05, 4.69) is 5.32 Å². The summed E-state index contributed by atoms with van der Waals surface area (Å²) in [5.74, 6) is -2.26. The van der Waals surface area contributed by atoms with Gasteiger partial charge in [0, 0.05) is 6.42 Å². The van der Waals surface area contributed by atoms with Gasteiger partial charge in [0.2, 0.25) is 5.91 Å². The van der Waals surface area contributed by atoms with E-state index in [0.29, 0.717) is 0 Å².